The summed E-state index contributed by atoms with van der Waals surface area (Å²) in [6.45, 7) is 1.97. The van der Waals surface area contributed by atoms with E-state index in [4.69, 9.17) is 4.74 Å². The Kier molecular flexibility index (Phi) is 5.91. The minimum absolute atomic E-state index is 0.198. The Morgan fingerprint density at radius 1 is 0.735 bits per heavy atom. The van der Waals surface area contributed by atoms with Crippen molar-refractivity contribution < 1.29 is 9.53 Å². The predicted molar refractivity (Wildman–Crippen MR) is 137 cm³/mol. The van der Waals surface area contributed by atoms with Crippen molar-refractivity contribution in [2.24, 2.45) is 0 Å². The Morgan fingerprint density at radius 3 is 2.35 bits per heavy atom. The maximum absolute atomic E-state index is 13.0. The number of aryl methyl sites for hydroxylation is 1. The minimum Gasteiger partial charge on any atom is -0.457 e. The van der Waals surface area contributed by atoms with Crippen LogP contribution in [0.2, 0.25) is 0 Å². The number of nitrogens with one attached hydrogen (secondary N) is 2. The van der Waals surface area contributed by atoms with Crippen LogP contribution in [0.1, 0.15) is 16.1 Å². The number of hydrogen-bond donors (Lipinski definition) is 2. The number of carbonyl (C=O) groups is 1. The Morgan fingerprint density at radius 2 is 1.47 bits per heavy atom. The lowest BCUT2D eigenvalue weighted by molar-refractivity contribution is 0.102. The lowest BCUT2D eigenvalue weighted by Crippen LogP contribution is -2.12. The van der Waals surface area contributed by atoms with E-state index in [9.17, 15) is 4.79 Å². The normalized spacial score (nSPS) is 10.6. The van der Waals surface area contributed by atoms with E-state index in [1.54, 1.807) is 12.1 Å². The van der Waals surface area contributed by atoms with Gasteiger partial charge in [0, 0.05) is 39.8 Å². The lowest BCUT2D eigenvalue weighted by atomic mass is 10.1. The molecule has 5 nitrogen and oxygen atoms in total. The minimum atomic E-state index is -0.198. The number of aromatic nitrogens is 1. The number of rotatable bonds is 6. The van der Waals surface area contributed by atoms with Gasteiger partial charge in [-0.25, -0.2) is 0 Å². The van der Waals surface area contributed by atoms with Gasteiger partial charge in [-0.3, -0.25) is 9.78 Å². The zero-order valence-corrected chi connectivity index (χ0v) is 18.7. The maximum Gasteiger partial charge on any atom is 0.255 e. The molecule has 0 aliphatic rings. The number of amides is 1. The molecular weight excluding hydrogens is 422 g/mol. The number of nitrogens with zero attached hydrogens (tertiary/aromatic N) is 1. The Balaban J connectivity index is 1.33. The lowest BCUT2D eigenvalue weighted by Gasteiger charge is -2.12. The zero-order valence-electron chi connectivity index (χ0n) is 18.7. The highest BCUT2D eigenvalue weighted by Gasteiger charge is 2.10. The van der Waals surface area contributed by atoms with Gasteiger partial charge in [0.05, 0.1) is 5.52 Å². The van der Waals surface area contributed by atoms with Gasteiger partial charge < -0.3 is 15.4 Å². The van der Waals surface area contributed by atoms with Gasteiger partial charge in [0.1, 0.15) is 11.5 Å². The fourth-order valence-corrected chi connectivity index (χ4v) is 3.77. The number of anilines is 3. The van der Waals surface area contributed by atoms with Crippen molar-refractivity contribution in [1.82, 2.24) is 4.98 Å². The molecule has 0 unspecified atom stereocenters. The van der Waals surface area contributed by atoms with Crippen LogP contribution in [0.25, 0.3) is 10.9 Å². The van der Waals surface area contributed by atoms with E-state index in [0.717, 1.165) is 33.7 Å². The molecule has 1 aromatic heterocycles. The van der Waals surface area contributed by atoms with Crippen molar-refractivity contribution in [2.45, 2.75) is 6.92 Å². The van der Waals surface area contributed by atoms with E-state index in [-0.39, 0.29) is 5.91 Å². The van der Waals surface area contributed by atoms with Crippen LogP contribution in [0.3, 0.4) is 0 Å². The van der Waals surface area contributed by atoms with Crippen molar-refractivity contribution in [2.75, 3.05) is 10.6 Å². The van der Waals surface area contributed by atoms with Crippen LogP contribution in [-0.4, -0.2) is 10.9 Å². The van der Waals surface area contributed by atoms with Crippen LogP contribution in [0.5, 0.6) is 11.5 Å². The van der Waals surface area contributed by atoms with Crippen molar-refractivity contribution in [1.29, 1.82) is 0 Å². The topological polar surface area (TPSA) is 63.2 Å². The van der Waals surface area contributed by atoms with Crippen LogP contribution in [0, 0.1) is 6.92 Å². The number of fused-ring (bicyclic) bond motifs is 1. The number of pyridine rings is 1. The summed E-state index contributed by atoms with van der Waals surface area (Å²) in [4.78, 5) is 17.6. The zero-order chi connectivity index (χ0) is 23.3. The van der Waals surface area contributed by atoms with E-state index in [0.29, 0.717) is 17.0 Å². The number of para-hydroxylation sites is 2. The Bertz CT molecular complexity index is 1470. The Labute approximate surface area is 198 Å². The first-order valence-electron chi connectivity index (χ1n) is 11.0. The monoisotopic (exact) mass is 445 g/mol. The largest absolute Gasteiger partial charge is 0.457 e. The first kappa shape index (κ1) is 21.2. The smallest absolute Gasteiger partial charge is 0.255 e. The summed E-state index contributed by atoms with van der Waals surface area (Å²) in [7, 11) is 0. The molecule has 4 aromatic carbocycles. The summed E-state index contributed by atoms with van der Waals surface area (Å²) in [6, 6.07) is 34.3. The summed E-state index contributed by atoms with van der Waals surface area (Å²) in [5.41, 5.74) is 4.84. The number of carbonyl (C=O) groups excluding carboxylic acids is 1. The predicted octanol–water partition coefficient (Wildman–Crippen LogP) is 7.33. The van der Waals surface area contributed by atoms with Gasteiger partial charge >= 0.3 is 0 Å². The molecule has 0 spiro atoms. The van der Waals surface area contributed by atoms with Crippen molar-refractivity contribution in [3.63, 3.8) is 0 Å². The molecule has 0 radical (unpaired) electrons. The fraction of sp³-hybridized carbons (Fsp3) is 0.0345. The third kappa shape index (κ3) is 4.89. The quantitative estimate of drug-likeness (QED) is 0.287. The summed E-state index contributed by atoms with van der Waals surface area (Å²) >= 11 is 0. The SMILES string of the molecule is Cc1cc(Nc2cccc(C(=O)Nc3cccc(Oc4ccccc4)c3)c2)c2ccccc2n1. The molecule has 0 atom stereocenters. The summed E-state index contributed by atoms with van der Waals surface area (Å²) in [5, 5.41) is 7.43. The third-order valence-electron chi connectivity index (χ3n) is 5.32. The summed E-state index contributed by atoms with van der Waals surface area (Å²) < 4.78 is 5.87. The van der Waals surface area contributed by atoms with Crippen molar-refractivity contribution in [3.8, 4) is 11.5 Å². The maximum atomic E-state index is 13.0. The van der Waals surface area contributed by atoms with Crippen LogP contribution in [0.15, 0.2) is 109 Å². The van der Waals surface area contributed by atoms with Gasteiger partial charge in [0.2, 0.25) is 0 Å². The van der Waals surface area contributed by atoms with E-state index in [1.807, 2.05) is 104 Å². The molecule has 0 saturated carbocycles. The van der Waals surface area contributed by atoms with Crippen molar-refractivity contribution >= 4 is 33.9 Å². The number of ether oxygens (including phenoxy) is 1. The standard InChI is InChI=1S/C29H23N3O2/c1-20-17-28(26-15-5-6-16-27(26)30-20)31-22-10-7-9-21(18-22)29(33)32-23-11-8-14-25(19-23)34-24-12-3-2-4-13-24/h2-19H,1H3,(H,30,31)(H,32,33). The molecule has 5 rings (SSSR count). The average Bonchev–Trinajstić information content (AvgIpc) is 2.85. The second-order valence-corrected chi connectivity index (χ2v) is 7.93. The van der Waals surface area contributed by atoms with Crippen molar-refractivity contribution in [3.05, 3.63) is 120 Å². The van der Waals surface area contributed by atoms with E-state index < -0.39 is 0 Å². The van der Waals surface area contributed by atoms with E-state index >= 15 is 0 Å². The summed E-state index contributed by atoms with van der Waals surface area (Å²) in [6.07, 6.45) is 0. The first-order valence-corrected chi connectivity index (χ1v) is 11.0. The number of hydrogen-bond acceptors (Lipinski definition) is 4. The summed E-state index contributed by atoms with van der Waals surface area (Å²) in [5.74, 6) is 1.19. The molecule has 1 amide bonds. The molecule has 5 aromatic rings. The molecular formula is C29H23N3O2. The molecule has 0 aliphatic carbocycles. The molecule has 0 fully saturated rings. The van der Waals surface area contributed by atoms with E-state index in [2.05, 4.69) is 15.6 Å². The van der Waals surface area contributed by atoms with Gasteiger partial charge in [0.15, 0.2) is 0 Å². The van der Waals surface area contributed by atoms with Crippen LogP contribution in [0.4, 0.5) is 17.1 Å². The second kappa shape index (κ2) is 9.46. The highest BCUT2D eigenvalue weighted by molar-refractivity contribution is 6.05. The molecule has 5 heteroatoms. The number of benzene rings is 4. The first-order chi connectivity index (χ1) is 16.6. The molecule has 1 heterocycles. The molecule has 166 valence electrons. The van der Waals surface area contributed by atoms with Crippen LogP contribution < -0.4 is 15.4 Å². The van der Waals surface area contributed by atoms with Gasteiger partial charge in [-0.2, -0.15) is 0 Å². The van der Waals surface area contributed by atoms with Crippen LogP contribution >= 0.6 is 0 Å². The fourth-order valence-electron chi connectivity index (χ4n) is 3.77. The van der Waals surface area contributed by atoms with Gasteiger partial charge in [-0.15, -0.1) is 0 Å². The average molecular weight is 446 g/mol. The highest BCUT2D eigenvalue weighted by atomic mass is 16.5. The van der Waals surface area contributed by atoms with Crippen LogP contribution in [-0.2, 0) is 0 Å². The van der Waals surface area contributed by atoms with E-state index in [1.165, 1.54) is 0 Å². The van der Waals surface area contributed by atoms with Gasteiger partial charge in [-0.1, -0.05) is 48.5 Å². The highest BCUT2D eigenvalue weighted by Crippen LogP contribution is 2.27. The van der Waals surface area contributed by atoms with Gasteiger partial charge in [-0.05, 0) is 61.5 Å². The molecule has 0 saturated heterocycles. The van der Waals surface area contributed by atoms with Gasteiger partial charge in [0.25, 0.3) is 5.91 Å². The molecule has 2 N–H and O–H groups in total. The molecule has 34 heavy (non-hydrogen) atoms. The second-order valence-electron chi connectivity index (χ2n) is 7.93. The third-order valence-corrected chi connectivity index (χ3v) is 5.32. The Hall–Kier alpha value is -4.64. The molecule has 0 aliphatic heterocycles. The molecule has 0 bridgehead atoms.